The van der Waals surface area contributed by atoms with Crippen molar-refractivity contribution < 1.29 is 9.53 Å². The quantitative estimate of drug-likeness (QED) is 0.624. The zero-order valence-corrected chi connectivity index (χ0v) is 16.4. The van der Waals surface area contributed by atoms with Gasteiger partial charge in [0.05, 0.1) is 6.61 Å². The third kappa shape index (κ3) is 6.72. The molecule has 3 heteroatoms. The van der Waals surface area contributed by atoms with Crippen LogP contribution < -0.4 is 5.32 Å². The van der Waals surface area contributed by atoms with Crippen LogP contribution in [0.3, 0.4) is 0 Å². The summed E-state index contributed by atoms with van der Waals surface area (Å²) < 4.78 is 4.98. The lowest BCUT2D eigenvalue weighted by molar-refractivity contribution is -0.143. The van der Waals surface area contributed by atoms with Crippen LogP contribution in [0.15, 0.2) is 24.3 Å². The van der Waals surface area contributed by atoms with E-state index in [4.69, 9.17) is 4.74 Å². The number of nitrogens with one attached hydrogen (secondary N) is 1. The predicted molar refractivity (Wildman–Crippen MR) is 105 cm³/mol. The standard InChI is InChI=1S/C22H35NO2/c1-5-25-21(24)11-8-19-6-9-20(10-7-19)23-18(3)16-22(4)14-12-17(2)13-15-22/h6-7,9-10,17-18,23H,5,8,11-16H2,1-4H3. The van der Waals surface area contributed by atoms with Gasteiger partial charge < -0.3 is 10.1 Å². The summed E-state index contributed by atoms with van der Waals surface area (Å²) in [6, 6.07) is 8.95. The average molecular weight is 346 g/mol. The van der Waals surface area contributed by atoms with Crippen LogP contribution in [-0.4, -0.2) is 18.6 Å². The second-order valence-electron chi connectivity index (χ2n) is 8.24. The first-order valence-electron chi connectivity index (χ1n) is 9.91. The van der Waals surface area contributed by atoms with Crippen molar-refractivity contribution in [2.24, 2.45) is 11.3 Å². The summed E-state index contributed by atoms with van der Waals surface area (Å²) in [7, 11) is 0. The molecule has 0 aliphatic heterocycles. The molecule has 0 amide bonds. The summed E-state index contributed by atoms with van der Waals surface area (Å²) in [6.07, 6.45) is 7.87. The molecule has 2 rings (SSSR count). The van der Waals surface area contributed by atoms with E-state index in [0.29, 0.717) is 24.5 Å². The highest BCUT2D eigenvalue weighted by Crippen LogP contribution is 2.42. The number of esters is 1. The number of carbonyl (C=O) groups is 1. The molecule has 1 fully saturated rings. The largest absolute Gasteiger partial charge is 0.466 e. The zero-order valence-electron chi connectivity index (χ0n) is 16.4. The van der Waals surface area contributed by atoms with Crippen molar-refractivity contribution in [1.82, 2.24) is 0 Å². The van der Waals surface area contributed by atoms with E-state index in [0.717, 1.165) is 12.3 Å². The average Bonchev–Trinajstić information content (AvgIpc) is 2.57. The van der Waals surface area contributed by atoms with Gasteiger partial charge in [-0.25, -0.2) is 0 Å². The van der Waals surface area contributed by atoms with Crippen LogP contribution in [0.1, 0.15) is 71.8 Å². The summed E-state index contributed by atoms with van der Waals surface area (Å²) >= 11 is 0. The van der Waals surface area contributed by atoms with Crippen LogP contribution >= 0.6 is 0 Å². The summed E-state index contributed by atoms with van der Waals surface area (Å²) in [4.78, 5) is 11.4. The third-order valence-corrected chi connectivity index (χ3v) is 5.57. The normalized spacial score (nSPS) is 24.6. The molecular weight excluding hydrogens is 310 g/mol. The highest BCUT2D eigenvalue weighted by Gasteiger charge is 2.30. The molecule has 0 saturated heterocycles. The van der Waals surface area contributed by atoms with E-state index in [9.17, 15) is 4.79 Å². The molecule has 1 aromatic rings. The van der Waals surface area contributed by atoms with Crippen molar-refractivity contribution in [3.05, 3.63) is 29.8 Å². The number of hydrogen-bond acceptors (Lipinski definition) is 3. The lowest BCUT2D eigenvalue weighted by Crippen LogP contribution is -2.30. The lowest BCUT2D eigenvalue weighted by atomic mass is 9.69. The van der Waals surface area contributed by atoms with Gasteiger partial charge in [-0.15, -0.1) is 0 Å². The van der Waals surface area contributed by atoms with Crippen LogP contribution in [-0.2, 0) is 16.0 Å². The number of ether oxygens (including phenoxy) is 1. The van der Waals surface area contributed by atoms with Crippen molar-refractivity contribution >= 4 is 11.7 Å². The second-order valence-corrected chi connectivity index (χ2v) is 8.24. The van der Waals surface area contributed by atoms with E-state index < -0.39 is 0 Å². The maximum Gasteiger partial charge on any atom is 0.306 e. The first-order valence-corrected chi connectivity index (χ1v) is 9.91. The molecule has 0 aromatic heterocycles. The minimum atomic E-state index is -0.117. The molecule has 3 nitrogen and oxygen atoms in total. The molecule has 1 aliphatic carbocycles. The maximum absolute atomic E-state index is 11.4. The van der Waals surface area contributed by atoms with Crippen LogP contribution in [0.5, 0.6) is 0 Å². The Labute approximate surface area is 153 Å². The molecule has 1 N–H and O–H groups in total. The Balaban J connectivity index is 1.79. The van der Waals surface area contributed by atoms with Gasteiger partial charge in [-0.1, -0.05) is 38.8 Å². The Hall–Kier alpha value is -1.51. The Morgan fingerprint density at radius 3 is 2.52 bits per heavy atom. The zero-order chi connectivity index (χ0) is 18.3. The summed E-state index contributed by atoms with van der Waals surface area (Å²) in [5, 5.41) is 3.65. The molecule has 0 bridgehead atoms. The number of rotatable bonds is 8. The Bertz CT molecular complexity index is 529. The van der Waals surface area contributed by atoms with Crippen molar-refractivity contribution in [3.8, 4) is 0 Å². The number of aryl methyl sites for hydroxylation is 1. The van der Waals surface area contributed by atoms with Gasteiger partial charge in [0.15, 0.2) is 0 Å². The minimum absolute atomic E-state index is 0.117. The van der Waals surface area contributed by atoms with Gasteiger partial charge >= 0.3 is 5.97 Å². The molecule has 0 heterocycles. The third-order valence-electron chi connectivity index (χ3n) is 5.57. The fourth-order valence-corrected chi connectivity index (χ4v) is 3.99. The van der Waals surface area contributed by atoms with Crippen molar-refractivity contribution in [3.63, 3.8) is 0 Å². The number of hydrogen-bond donors (Lipinski definition) is 1. The smallest absolute Gasteiger partial charge is 0.306 e. The second kappa shape index (κ2) is 9.26. The first-order chi connectivity index (χ1) is 11.9. The van der Waals surface area contributed by atoms with E-state index in [1.807, 2.05) is 6.92 Å². The van der Waals surface area contributed by atoms with Gasteiger partial charge in [0.1, 0.15) is 0 Å². The molecule has 140 valence electrons. The molecule has 25 heavy (non-hydrogen) atoms. The van der Waals surface area contributed by atoms with Crippen molar-refractivity contribution in [2.45, 2.75) is 78.7 Å². The van der Waals surface area contributed by atoms with E-state index in [-0.39, 0.29) is 5.97 Å². The lowest BCUT2D eigenvalue weighted by Gasteiger charge is -2.38. The molecular formula is C22H35NO2. The van der Waals surface area contributed by atoms with Gasteiger partial charge in [-0.3, -0.25) is 4.79 Å². The van der Waals surface area contributed by atoms with Crippen LogP contribution in [0.2, 0.25) is 0 Å². The Morgan fingerprint density at radius 1 is 1.28 bits per heavy atom. The molecule has 0 radical (unpaired) electrons. The molecule has 1 saturated carbocycles. The molecule has 1 aliphatic rings. The highest BCUT2D eigenvalue weighted by atomic mass is 16.5. The van der Waals surface area contributed by atoms with Gasteiger partial charge in [0.25, 0.3) is 0 Å². The van der Waals surface area contributed by atoms with Gasteiger partial charge in [0.2, 0.25) is 0 Å². The fraction of sp³-hybridized carbons (Fsp3) is 0.682. The van der Waals surface area contributed by atoms with E-state index in [2.05, 4.69) is 50.4 Å². The number of benzene rings is 1. The van der Waals surface area contributed by atoms with Gasteiger partial charge in [0, 0.05) is 18.2 Å². The molecule has 1 atom stereocenters. The topological polar surface area (TPSA) is 38.3 Å². The summed E-state index contributed by atoms with van der Waals surface area (Å²) in [5.74, 6) is 0.784. The molecule has 1 unspecified atom stereocenters. The number of anilines is 1. The summed E-state index contributed by atoms with van der Waals surface area (Å²) in [6.45, 7) is 9.42. The van der Waals surface area contributed by atoms with E-state index in [1.54, 1.807) is 0 Å². The Morgan fingerprint density at radius 2 is 1.92 bits per heavy atom. The predicted octanol–water partition coefficient (Wildman–Crippen LogP) is 5.59. The van der Waals surface area contributed by atoms with Crippen LogP contribution in [0.4, 0.5) is 5.69 Å². The minimum Gasteiger partial charge on any atom is -0.466 e. The van der Waals surface area contributed by atoms with E-state index in [1.165, 1.54) is 43.4 Å². The van der Waals surface area contributed by atoms with E-state index >= 15 is 0 Å². The van der Waals surface area contributed by atoms with Crippen LogP contribution in [0.25, 0.3) is 0 Å². The fourth-order valence-electron chi connectivity index (χ4n) is 3.99. The number of carbonyl (C=O) groups excluding carboxylic acids is 1. The van der Waals surface area contributed by atoms with Crippen molar-refractivity contribution in [2.75, 3.05) is 11.9 Å². The van der Waals surface area contributed by atoms with Gasteiger partial charge in [-0.05, 0) is 68.6 Å². The molecule has 1 aromatic carbocycles. The first kappa shape index (κ1) is 19.8. The highest BCUT2D eigenvalue weighted by molar-refractivity contribution is 5.69. The molecule has 0 spiro atoms. The Kier molecular flexibility index (Phi) is 7.34. The van der Waals surface area contributed by atoms with Crippen LogP contribution in [0, 0.1) is 11.3 Å². The maximum atomic E-state index is 11.4. The van der Waals surface area contributed by atoms with Gasteiger partial charge in [-0.2, -0.15) is 0 Å². The SMILES string of the molecule is CCOC(=O)CCc1ccc(NC(C)CC2(C)CCC(C)CC2)cc1. The van der Waals surface area contributed by atoms with Crippen molar-refractivity contribution in [1.29, 1.82) is 0 Å². The summed E-state index contributed by atoms with van der Waals surface area (Å²) in [5.41, 5.74) is 2.83. The monoisotopic (exact) mass is 345 g/mol.